The second-order valence-corrected chi connectivity index (χ2v) is 4.87. The maximum absolute atomic E-state index is 12.0. The van der Waals surface area contributed by atoms with Gasteiger partial charge < -0.3 is 4.74 Å². The molecule has 0 aliphatic carbocycles. The highest BCUT2D eigenvalue weighted by atomic mass is 35.5. The lowest BCUT2D eigenvalue weighted by Gasteiger charge is -2.27. The van der Waals surface area contributed by atoms with Gasteiger partial charge in [0.1, 0.15) is 0 Å². The Kier molecular flexibility index (Phi) is 4.84. The molecule has 0 aliphatic heterocycles. The number of benzene rings is 1. The molecule has 1 unspecified atom stereocenters. The largest absolute Gasteiger partial charge is 0.465 e. The van der Waals surface area contributed by atoms with E-state index in [2.05, 4.69) is 0 Å². The maximum Gasteiger partial charge on any atom is 0.316 e. The summed E-state index contributed by atoms with van der Waals surface area (Å²) in [5.74, 6) is -0.272. The van der Waals surface area contributed by atoms with E-state index in [-0.39, 0.29) is 5.97 Å². The fourth-order valence-electron chi connectivity index (χ4n) is 1.66. The zero-order valence-corrected chi connectivity index (χ0v) is 11.7. The average molecular weight is 275 g/mol. The van der Waals surface area contributed by atoms with Gasteiger partial charge in [0.2, 0.25) is 0 Å². The lowest BCUT2D eigenvalue weighted by atomic mass is 9.80. The molecule has 0 amide bonds. The van der Waals surface area contributed by atoms with Gasteiger partial charge in [-0.25, -0.2) is 0 Å². The molecule has 0 radical (unpaired) electrons. The minimum Gasteiger partial charge on any atom is -0.465 e. The highest BCUT2D eigenvalue weighted by Crippen LogP contribution is 2.35. The monoisotopic (exact) mass is 274 g/mol. The number of carbonyl (C=O) groups excluding carboxylic acids is 1. The Bertz CT molecular complexity index is 418. The fraction of sp³-hybridized carbons (Fsp3) is 0.462. The molecule has 0 aliphatic rings. The van der Waals surface area contributed by atoms with E-state index in [0.29, 0.717) is 28.6 Å². The highest BCUT2D eigenvalue weighted by Gasteiger charge is 2.36. The Morgan fingerprint density at radius 3 is 2.53 bits per heavy atom. The van der Waals surface area contributed by atoms with Gasteiger partial charge in [0, 0.05) is 10.0 Å². The molecule has 0 fully saturated rings. The minimum absolute atomic E-state index is 0.272. The summed E-state index contributed by atoms with van der Waals surface area (Å²) >= 11 is 12.1. The van der Waals surface area contributed by atoms with Crippen LogP contribution in [0.3, 0.4) is 0 Å². The van der Waals surface area contributed by atoms with E-state index in [0.717, 1.165) is 0 Å². The van der Waals surface area contributed by atoms with Gasteiger partial charge in [0.05, 0.1) is 12.0 Å². The van der Waals surface area contributed by atoms with E-state index in [1.807, 2.05) is 13.8 Å². The van der Waals surface area contributed by atoms with Crippen LogP contribution in [0.5, 0.6) is 0 Å². The van der Waals surface area contributed by atoms with Crippen LogP contribution in [0.2, 0.25) is 10.0 Å². The van der Waals surface area contributed by atoms with Gasteiger partial charge in [-0.05, 0) is 44.0 Å². The number of halogens is 2. The first kappa shape index (κ1) is 14.3. The third-order valence-electron chi connectivity index (χ3n) is 2.96. The topological polar surface area (TPSA) is 26.3 Å². The van der Waals surface area contributed by atoms with E-state index in [1.165, 1.54) is 0 Å². The molecule has 1 atom stereocenters. The second-order valence-electron chi connectivity index (χ2n) is 4.03. The van der Waals surface area contributed by atoms with E-state index in [1.54, 1.807) is 25.1 Å². The van der Waals surface area contributed by atoms with Crippen LogP contribution in [0.4, 0.5) is 0 Å². The van der Waals surface area contributed by atoms with Gasteiger partial charge in [-0.15, -0.1) is 0 Å². The summed E-state index contributed by atoms with van der Waals surface area (Å²) in [6, 6.07) is 5.13. The molecule has 1 aromatic rings. The third-order valence-corrected chi connectivity index (χ3v) is 3.52. The molecule has 1 rings (SSSR count). The average Bonchev–Trinajstić information content (AvgIpc) is 2.31. The van der Waals surface area contributed by atoms with Crippen molar-refractivity contribution in [2.24, 2.45) is 0 Å². The predicted molar refractivity (Wildman–Crippen MR) is 70.7 cm³/mol. The van der Waals surface area contributed by atoms with Gasteiger partial charge in [0.15, 0.2) is 0 Å². The van der Waals surface area contributed by atoms with Crippen molar-refractivity contribution in [3.63, 3.8) is 0 Å². The Morgan fingerprint density at radius 1 is 1.35 bits per heavy atom. The van der Waals surface area contributed by atoms with Crippen LogP contribution in [0, 0.1) is 0 Å². The van der Waals surface area contributed by atoms with E-state index in [9.17, 15) is 4.79 Å². The maximum atomic E-state index is 12.0. The summed E-state index contributed by atoms with van der Waals surface area (Å²) < 4.78 is 5.11. The molecule has 0 saturated carbocycles. The second kappa shape index (κ2) is 5.74. The van der Waals surface area contributed by atoms with Gasteiger partial charge >= 0.3 is 5.97 Å². The number of hydrogen-bond acceptors (Lipinski definition) is 2. The Morgan fingerprint density at radius 2 is 2.00 bits per heavy atom. The molecule has 0 heterocycles. The molecular weight excluding hydrogens is 259 g/mol. The first-order valence-corrected chi connectivity index (χ1v) is 6.34. The zero-order chi connectivity index (χ0) is 13.1. The Labute approximate surface area is 112 Å². The Balaban J connectivity index is 3.24. The molecule has 2 nitrogen and oxygen atoms in total. The number of carbonyl (C=O) groups is 1. The van der Waals surface area contributed by atoms with Crippen LogP contribution in [-0.4, -0.2) is 12.6 Å². The lowest BCUT2D eigenvalue weighted by molar-refractivity contribution is -0.149. The number of hydrogen-bond donors (Lipinski definition) is 0. The molecule has 0 N–H and O–H groups in total. The molecule has 1 aromatic carbocycles. The summed E-state index contributed by atoms with van der Waals surface area (Å²) in [5, 5.41) is 1.10. The number of esters is 1. The molecule has 94 valence electrons. The summed E-state index contributed by atoms with van der Waals surface area (Å²) in [7, 11) is 0. The van der Waals surface area contributed by atoms with Crippen molar-refractivity contribution in [2.75, 3.05) is 6.61 Å². The molecule has 0 aromatic heterocycles. The molecule has 0 saturated heterocycles. The number of ether oxygens (including phenoxy) is 1. The van der Waals surface area contributed by atoms with Gasteiger partial charge in [0.25, 0.3) is 0 Å². The third kappa shape index (κ3) is 2.93. The first-order chi connectivity index (χ1) is 7.95. The molecule has 4 heteroatoms. The van der Waals surface area contributed by atoms with Crippen LogP contribution in [0.15, 0.2) is 18.2 Å². The summed E-state index contributed by atoms with van der Waals surface area (Å²) in [4.78, 5) is 12.0. The van der Waals surface area contributed by atoms with Crippen molar-refractivity contribution in [3.8, 4) is 0 Å². The summed E-state index contributed by atoms with van der Waals surface area (Å²) in [6.45, 7) is 5.89. The van der Waals surface area contributed by atoms with Crippen molar-refractivity contribution in [2.45, 2.75) is 32.6 Å². The zero-order valence-electron chi connectivity index (χ0n) is 10.2. The standard InChI is InChI=1S/C13H16Cl2O2/c1-4-13(3,12(16)17-5-2)10-8-9(14)6-7-11(10)15/h6-8H,4-5H2,1-3H3. The van der Waals surface area contributed by atoms with Gasteiger partial charge in [-0.2, -0.15) is 0 Å². The molecule has 17 heavy (non-hydrogen) atoms. The van der Waals surface area contributed by atoms with E-state index in [4.69, 9.17) is 27.9 Å². The minimum atomic E-state index is -0.752. The smallest absolute Gasteiger partial charge is 0.316 e. The van der Waals surface area contributed by atoms with Crippen molar-refractivity contribution in [1.29, 1.82) is 0 Å². The van der Waals surface area contributed by atoms with Crippen LogP contribution in [0.25, 0.3) is 0 Å². The molecule has 0 spiro atoms. The Hall–Kier alpha value is -0.730. The summed E-state index contributed by atoms with van der Waals surface area (Å²) in [6.07, 6.45) is 0.603. The number of rotatable bonds is 4. The summed E-state index contributed by atoms with van der Waals surface area (Å²) in [5.41, 5.74) is -0.0366. The normalized spacial score (nSPS) is 14.2. The van der Waals surface area contributed by atoms with Crippen LogP contribution in [-0.2, 0) is 14.9 Å². The van der Waals surface area contributed by atoms with Crippen LogP contribution >= 0.6 is 23.2 Å². The van der Waals surface area contributed by atoms with Crippen LogP contribution < -0.4 is 0 Å². The van der Waals surface area contributed by atoms with E-state index >= 15 is 0 Å². The predicted octanol–water partition coefficient (Wildman–Crippen LogP) is 4.22. The van der Waals surface area contributed by atoms with Crippen molar-refractivity contribution in [1.82, 2.24) is 0 Å². The lowest BCUT2D eigenvalue weighted by Crippen LogP contribution is -2.34. The molecular formula is C13H16Cl2O2. The van der Waals surface area contributed by atoms with Gasteiger partial charge in [-0.3, -0.25) is 4.79 Å². The molecule has 0 bridgehead atoms. The van der Waals surface area contributed by atoms with Gasteiger partial charge in [-0.1, -0.05) is 30.1 Å². The quantitative estimate of drug-likeness (QED) is 0.769. The van der Waals surface area contributed by atoms with Crippen LogP contribution in [0.1, 0.15) is 32.8 Å². The SMILES string of the molecule is CCOC(=O)C(C)(CC)c1cc(Cl)ccc1Cl. The van der Waals surface area contributed by atoms with Crippen molar-refractivity contribution in [3.05, 3.63) is 33.8 Å². The van der Waals surface area contributed by atoms with E-state index < -0.39 is 5.41 Å². The van der Waals surface area contributed by atoms with Crippen molar-refractivity contribution >= 4 is 29.2 Å². The fourth-order valence-corrected chi connectivity index (χ4v) is 2.15. The first-order valence-electron chi connectivity index (χ1n) is 5.58. The van der Waals surface area contributed by atoms with Crippen molar-refractivity contribution < 1.29 is 9.53 Å². The highest BCUT2D eigenvalue weighted by molar-refractivity contribution is 6.33.